The zero-order chi connectivity index (χ0) is 10.0. The van der Waals surface area contributed by atoms with Gasteiger partial charge in [0.25, 0.3) is 0 Å². The Morgan fingerprint density at radius 3 is 2.69 bits per heavy atom. The summed E-state index contributed by atoms with van der Waals surface area (Å²) in [4.78, 5) is 10.6. The Balaban J connectivity index is 3.15. The number of aliphatic carboxylic acids is 1. The molecule has 0 aliphatic carbocycles. The van der Waals surface area contributed by atoms with Crippen molar-refractivity contribution >= 4 is 11.7 Å². The SMILES string of the molecule is Cc1cccc([C@@H](N)C(=O)O)c1N. The summed E-state index contributed by atoms with van der Waals surface area (Å²) in [6, 6.07) is 4.14. The molecule has 0 aliphatic rings. The predicted molar refractivity (Wildman–Crippen MR) is 50.2 cm³/mol. The number of carboxylic acid groups (broad SMARTS) is 1. The Labute approximate surface area is 76.2 Å². The van der Waals surface area contributed by atoms with E-state index in [1.54, 1.807) is 12.1 Å². The molecule has 4 nitrogen and oxygen atoms in total. The van der Waals surface area contributed by atoms with Gasteiger partial charge >= 0.3 is 5.97 Å². The fraction of sp³-hybridized carbons (Fsp3) is 0.222. The highest BCUT2D eigenvalue weighted by Gasteiger charge is 2.17. The van der Waals surface area contributed by atoms with E-state index in [1.807, 2.05) is 13.0 Å². The number of nitrogen functional groups attached to an aromatic ring is 1. The molecule has 0 saturated heterocycles. The van der Waals surface area contributed by atoms with Gasteiger partial charge in [-0.2, -0.15) is 0 Å². The predicted octanol–water partition coefficient (Wildman–Crippen LogP) is 0.662. The van der Waals surface area contributed by atoms with Gasteiger partial charge < -0.3 is 16.6 Å². The molecule has 1 aromatic carbocycles. The Bertz CT molecular complexity index is 336. The van der Waals surface area contributed by atoms with Crippen LogP contribution in [0.5, 0.6) is 0 Å². The summed E-state index contributed by atoms with van der Waals surface area (Å²) >= 11 is 0. The first-order valence-corrected chi connectivity index (χ1v) is 3.87. The van der Waals surface area contributed by atoms with E-state index in [0.29, 0.717) is 11.3 Å². The van der Waals surface area contributed by atoms with Crippen LogP contribution in [0.2, 0.25) is 0 Å². The van der Waals surface area contributed by atoms with Gasteiger partial charge in [0.15, 0.2) is 0 Å². The number of carboxylic acids is 1. The number of benzene rings is 1. The first-order chi connectivity index (χ1) is 6.04. The Kier molecular flexibility index (Phi) is 2.53. The topological polar surface area (TPSA) is 89.3 Å². The second-order valence-corrected chi connectivity index (χ2v) is 2.89. The van der Waals surface area contributed by atoms with Crippen LogP contribution in [0.4, 0.5) is 5.69 Å². The van der Waals surface area contributed by atoms with Crippen molar-refractivity contribution in [3.05, 3.63) is 29.3 Å². The number of anilines is 1. The summed E-state index contributed by atoms with van der Waals surface area (Å²) in [5, 5.41) is 8.67. The van der Waals surface area contributed by atoms with E-state index < -0.39 is 12.0 Å². The normalized spacial score (nSPS) is 12.5. The first-order valence-electron chi connectivity index (χ1n) is 3.87. The van der Waals surface area contributed by atoms with Crippen LogP contribution in [0.25, 0.3) is 0 Å². The van der Waals surface area contributed by atoms with Gasteiger partial charge in [0.05, 0.1) is 0 Å². The fourth-order valence-corrected chi connectivity index (χ4v) is 1.11. The van der Waals surface area contributed by atoms with Crippen molar-refractivity contribution < 1.29 is 9.90 Å². The van der Waals surface area contributed by atoms with Crippen LogP contribution in [0.3, 0.4) is 0 Å². The number of carbonyl (C=O) groups is 1. The van der Waals surface area contributed by atoms with Crippen LogP contribution in [0, 0.1) is 6.92 Å². The summed E-state index contributed by atoms with van der Waals surface area (Å²) in [6.07, 6.45) is 0. The molecule has 0 saturated carbocycles. The zero-order valence-electron chi connectivity index (χ0n) is 7.32. The van der Waals surface area contributed by atoms with Crippen molar-refractivity contribution in [3.8, 4) is 0 Å². The Morgan fingerprint density at radius 1 is 1.54 bits per heavy atom. The molecule has 0 aliphatic heterocycles. The highest BCUT2D eigenvalue weighted by Crippen LogP contribution is 2.21. The first kappa shape index (κ1) is 9.54. The second-order valence-electron chi connectivity index (χ2n) is 2.89. The lowest BCUT2D eigenvalue weighted by atomic mass is 10.0. The molecule has 0 heterocycles. The molecule has 0 amide bonds. The standard InChI is InChI=1S/C9H12N2O2/c1-5-3-2-4-6(7(5)10)8(11)9(12)13/h2-4,8H,10-11H2,1H3,(H,12,13)/t8-/m1/s1. The van der Waals surface area contributed by atoms with Crippen molar-refractivity contribution in [1.29, 1.82) is 0 Å². The largest absolute Gasteiger partial charge is 0.480 e. The second kappa shape index (κ2) is 3.45. The van der Waals surface area contributed by atoms with Gasteiger partial charge in [-0.05, 0) is 12.5 Å². The molecule has 13 heavy (non-hydrogen) atoms. The van der Waals surface area contributed by atoms with Gasteiger partial charge in [-0.3, -0.25) is 4.79 Å². The van der Waals surface area contributed by atoms with Crippen LogP contribution in [-0.2, 0) is 4.79 Å². The molecule has 1 aromatic rings. The molecular weight excluding hydrogens is 168 g/mol. The minimum absolute atomic E-state index is 0.456. The van der Waals surface area contributed by atoms with E-state index in [0.717, 1.165) is 5.56 Å². The zero-order valence-corrected chi connectivity index (χ0v) is 7.32. The number of nitrogens with two attached hydrogens (primary N) is 2. The summed E-state index contributed by atoms with van der Waals surface area (Å²) < 4.78 is 0. The van der Waals surface area contributed by atoms with Crippen molar-refractivity contribution in [3.63, 3.8) is 0 Å². The monoisotopic (exact) mass is 180 g/mol. The maximum Gasteiger partial charge on any atom is 0.325 e. The third-order valence-corrected chi connectivity index (χ3v) is 1.96. The van der Waals surface area contributed by atoms with Gasteiger partial charge in [0, 0.05) is 11.3 Å². The quantitative estimate of drug-likeness (QED) is 0.583. The molecule has 0 radical (unpaired) electrons. The lowest BCUT2D eigenvalue weighted by Gasteiger charge is -2.11. The van der Waals surface area contributed by atoms with Gasteiger partial charge in [-0.1, -0.05) is 18.2 Å². The molecule has 70 valence electrons. The van der Waals surface area contributed by atoms with Gasteiger partial charge in [-0.15, -0.1) is 0 Å². The van der Waals surface area contributed by atoms with Crippen LogP contribution < -0.4 is 11.5 Å². The minimum Gasteiger partial charge on any atom is -0.480 e. The van der Waals surface area contributed by atoms with Crippen LogP contribution in [0.15, 0.2) is 18.2 Å². The van der Waals surface area contributed by atoms with Crippen LogP contribution >= 0.6 is 0 Å². The van der Waals surface area contributed by atoms with Gasteiger partial charge in [0.1, 0.15) is 6.04 Å². The fourth-order valence-electron chi connectivity index (χ4n) is 1.11. The smallest absolute Gasteiger partial charge is 0.325 e. The van der Waals surface area contributed by atoms with Gasteiger partial charge in [-0.25, -0.2) is 0 Å². The Morgan fingerprint density at radius 2 is 2.15 bits per heavy atom. The summed E-state index contributed by atoms with van der Waals surface area (Å²) in [7, 11) is 0. The average molecular weight is 180 g/mol. The third-order valence-electron chi connectivity index (χ3n) is 1.96. The lowest BCUT2D eigenvalue weighted by molar-refractivity contribution is -0.138. The molecule has 0 aromatic heterocycles. The average Bonchev–Trinajstić information content (AvgIpc) is 2.08. The van der Waals surface area contributed by atoms with Crippen LogP contribution in [-0.4, -0.2) is 11.1 Å². The van der Waals surface area contributed by atoms with Crippen molar-refractivity contribution in [2.75, 3.05) is 5.73 Å². The number of hydrogen-bond acceptors (Lipinski definition) is 3. The van der Waals surface area contributed by atoms with E-state index in [2.05, 4.69) is 0 Å². The summed E-state index contributed by atoms with van der Waals surface area (Å²) in [6.45, 7) is 1.81. The molecule has 0 bridgehead atoms. The van der Waals surface area contributed by atoms with Crippen molar-refractivity contribution in [1.82, 2.24) is 0 Å². The Hall–Kier alpha value is -1.55. The number of hydrogen-bond donors (Lipinski definition) is 3. The third kappa shape index (κ3) is 1.78. The highest BCUT2D eigenvalue weighted by atomic mass is 16.4. The molecule has 0 unspecified atom stereocenters. The van der Waals surface area contributed by atoms with E-state index in [4.69, 9.17) is 16.6 Å². The maximum atomic E-state index is 10.6. The molecule has 0 fully saturated rings. The number of aryl methyl sites for hydroxylation is 1. The van der Waals surface area contributed by atoms with Crippen LogP contribution in [0.1, 0.15) is 17.2 Å². The maximum absolute atomic E-state index is 10.6. The molecule has 5 N–H and O–H groups in total. The summed E-state index contributed by atoms with van der Waals surface area (Å²) in [5.41, 5.74) is 12.9. The van der Waals surface area contributed by atoms with Gasteiger partial charge in [0.2, 0.25) is 0 Å². The summed E-state index contributed by atoms with van der Waals surface area (Å²) in [5.74, 6) is -1.07. The minimum atomic E-state index is -1.07. The van der Waals surface area contributed by atoms with E-state index >= 15 is 0 Å². The van der Waals surface area contributed by atoms with Crippen molar-refractivity contribution in [2.45, 2.75) is 13.0 Å². The molecular formula is C9H12N2O2. The molecule has 0 spiro atoms. The van der Waals surface area contributed by atoms with E-state index in [9.17, 15) is 4.79 Å². The number of para-hydroxylation sites is 1. The molecule has 1 rings (SSSR count). The van der Waals surface area contributed by atoms with Crippen molar-refractivity contribution in [2.24, 2.45) is 5.73 Å². The van der Waals surface area contributed by atoms with E-state index in [1.165, 1.54) is 0 Å². The number of rotatable bonds is 2. The molecule has 4 heteroatoms. The molecule has 1 atom stereocenters. The highest BCUT2D eigenvalue weighted by molar-refractivity contribution is 5.78. The van der Waals surface area contributed by atoms with E-state index in [-0.39, 0.29) is 0 Å². The lowest BCUT2D eigenvalue weighted by Crippen LogP contribution is -2.22.